The normalized spacial score (nSPS) is 31.4. The predicted molar refractivity (Wildman–Crippen MR) is 79.9 cm³/mol. The highest BCUT2D eigenvalue weighted by Crippen LogP contribution is 2.58. The molecule has 3 unspecified atom stereocenters. The first-order chi connectivity index (χ1) is 11.4. The van der Waals surface area contributed by atoms with Crippen LogP contribution in [0.1, 0.15) is 6.23 Å². The summed E-state index contributed by atoms with van der Waals surface area (Å²) in [6, 6.07) is 0.990. The molecule has 13 nitrogen and oxygen atoms in total. The maximum atomic E-state index is 11.7. The maximum Gasteiger partial charge on any atom is 0.479 e. The Bertz CT molecular complexity index is 829. The summed E-state index contributed by atoms with van der Waals surface area (Å²) in [5, 5.41) is 19.9. The zero-order chi connectivity index (χ0) is 19.0. The second-order valence-electron chi connectivity index (χ2n) is 5.21. The number of aliphatic hydroxyl groups excluding tert-OH is 2. The lowest BCUT2D eigenvalue weighted by atomic mass is 10.1. The van der Waals surface area contributed by atoms with Crippen LogP contribution in [-0.4, -0.2) is 61.1 Å². The molecule has 1 aliphatic rings. The highest BCUT2D eigenvalue weighted by molar-refractivity contribution is 7.63. The van der Waals surface area contributed by atoms with E-state index in [2.05, 4.69) is 8.83 Å². The summed E-state index contributed by atoms with van der Waals surface area (Å²) < 4.78 is 37.0. The van der Waals surface area contributed by atoms with Crippen molar-refractivity contribution in [3.8, 4) is 0 Å². The number of hydrogen-bond acceptors (Lipinski definition) is 9. The van der Waals surface area contributed by atoms with Crippen LogP contribution in [0.15, 0.2) is 21.9 Å². The van der Waals surface area contributed by atoms with Gasteiger partial charge in [-0.05, 0) is 0 Å². The monoisotopic (exact) mass is 402 g/mol. The van der Waals surface area contributed by atoms with Crippen molar-refractivity contribution in [2.75, 3.05) is 13.3 Å². The fourth-order valence-electron chi connectivity index (χ4n) is 2.11. The quantitative estimate of drug-likeness (QED) is 0.333. The number of phosphoric ester groups is 1. The number of nitrogens with zero attached hydrogens (tertiary/aromatic N) is 1. The zero-order valence-electron chi connectivity index (χ0n) is 12.7. The first kappa shape index (κ1) is 20.2. The van der Waals surface area contributed by atoms with Gasteiger partial charge in [-0.15, -0.1) is 0 Å². The number of hydrogen-bond donors (Lipinski definition) is 5. The molecular formula is C10H16N2O11P2. The van der Waals surface area contributed by atoms with Crippen molar-refractivity contribution in [2.24, 2.45) is 0 Å². The number of nitrogens with one attached hydrogen (secondary N) is 1. The van der Waals surface area contributed by atoms with Gasteiger partial charge in [0.2, 0.25) is 0 Å². The van der Waals surface area contributed by atoms with Crippen molar-refractivity contribution in [2.45, 2.75) is 24.5 Å². The lowest BCUT2D eigenvalue weighted by Crippen LogP contribution is -2.37. The summed E-state index contributed by atoms with van der Waals surface area (Å²) in [7, 11) is -9.24. The molecular weight excluding hydrogens is 386 g/mol. The molecule has 0 aliphatic carbocycles. The van der Waals surface area contributed by atoms with Crippen LogP contribution in [-0.2, 0) is 22.7 Å². The zero-order valence-corrected chi connectivity index (χ0v) is 14.4. The summed E-state index contributed by atoms with van der Waals surface area (Å²) in [5.41, 5.74) is -1.59. The molecule has 6 atom stereocenters. The molecule has 1 aromatic rings. The summed E-state index contributed by atoms with van der Waals surface area (Å²) in [6.07, 6.45) is -4.97. The standard InChI is InChI=1S/C10H16N2O11P2/c1-24(17,18)23-25(19,20)21-4-5-7(14)8(15)9(22-5)12-3-2-6(13)11-10(12)16/h2-3,5,7-9,14-15H,4H2,1H3,(H,17,18)(H,19,20)(H,11,13,16)/t5-,7?,8+,9-/m1/s1. The average molecular weight is 402 g/mol. The van der Waals surface area contributed by atoms with Gasteiger partial charge in [0.1, 0.15) is 18.3 Å². The smallest absolute Gasteiger partial charge is 0.387 e. The van der Waals surface area contributed by atoms with E-state index in [4.69, 9.17) is 9.63 Å². The van der Waals surface area contributed by atoms with Crippen molar-refractivity contribution in [3.05, 3.63) is 33.1 Å². The van der Waals surface area contributed by atoms with E-state index in [-0.39, 0.29) is 0 Å². The molecule has 0 aromatic carbocycles. The van der Waals surface area contributed by atoms with E-state index in [1.807, 2.05) is 4.98 Å². The van der Waals surface area contributed by atoms with Crippen molar-refractivity contribution < 1.29 is 42.7 Å². The van der Waals surface area contributed by atoms with Gasteiger partial charge in [0.25, 0.3) is 5.56 Å². The fraction of sp³-hybridized carbons (Fsp3) is 0.600. The molecule has 1 saturated heterocycles. The van der Waals surface area contributed by atoms with Crippen LogP contribution >= 0.6 is 15.4 Å². The Hall–Kier alpha value is -1.14. The molecule has 1 aliphatic heterocycles. The summed E-state index contributed by atoms with van der Waals surface area (Å²) in [4.78, 5) is 42.9. The molecule has 142 valence electrons. The van der Waals surface area contributed by atoms with Gasteiger partial charge in [0.15, 0.2) is 6.23 Å². The number of aliphatic hydroxyl groups is 2. The van der Waals surface area contributed by atoms with E-state index in [9.17, 15) is 33.8 Å². The van der Waals surface area contributed by atoms with Crippen molar-refractivity contribution in [1.82, 2.24) is 9.55 Å². The van der Waals surface area contributed by atoms with Crippen LogP contribution in [0.25, 0.3) is 0 Å². The van der Waals surface area contributed by atoms with Crippen LogP contribution in [0.4, 0.5) is 0 Å². The van der Waals surface area contributed by atoms with Crippen molar-refractivity contribution in [1.29, 1.82) is 0 Å². The highest BCUT2D eigenvalue weighted by Gasteiger charge is 2.45. The molecule has 25 heavy (non-hydrogen) atoms. The lowest BCUT2D eigenvalue weighted by Gasteiger charge is -2.18. The number of phosphoric acid groups is 1. The van der Waals surface area contributed by atoms with Crippen LogP contribution in [0, 0.1) is 0 Å². The summed E-state index contributed by atoms with van der Waals surface area (Å²) in [5.74, 6) is 0. The molecule has 1 fully saturated rings. The Morgan fingerprint density at radius 2 is 1.92 bits per heavy atom. The lowest BCUT2D eigenvalue weighted by molar-refractivity contribution is -0.0541. The van der Waals surface area contributed by atoms with Crippen molar-refractivity contribution >= 4 is 15.4 Å². The predicted octanol–water partition coefficient (Wildman–Crippen LogP) is -1.90. The fourth-order valence-corrected chi connectivity index (χ4v) is 4.16. The molecule has 2 heterocycles. The number of ether oxygens (including phenoxy) is 1. The van der Waals surface area contributed by atoms with Gasteiger partial charge in [0.05, 0.1) is 6.61 Å². The molecule has 0 spiro atoms. The molecule has 2 rings (SSSR count). The van der Waals surface area contributed by atoms with E-state index in [1.54, 1.807) is 0 Å². The second kappa shape index (κ2) is 7.23. The van der Waals surface area contributed by atoms with Gasteiger partial charge in [-0.2, -0.15) is 0 Å². The minimum Gasteiger partial charge on any atom is -0.387 e. The van der Waals surface area contributed by atoms with Crippen molar-refractivity contribution in [3.63, 3.8) is 0 Å². The van der Waals surface area contributed by atoms with E-state index in [1.165, 1.54) is 0 Å². The first-order valence-electron chi connectivity index (χ1n) is 6.72. The summed E-state index contributed by atoms with van der Waals surface area (Å²) >= 11 is 0. The SMILES string of the molecule is CP(=O)(O)OP(=O)(O)OC[C@H]1O[C@@H](n2ccc(=O)[nH]c2=O)[C@@H](O)C1O. The Balaban J connectivity index is 2.09. The maximum absolute atomic E-state index is 11.7. The minimum atomic E-state index is -4.92. The molecule has 0 radical (unpaired) electrons. The van der Waals surface area contributed by atoms with Gasteiger partial charge in [-0.3, -0.25) is 23.4 Å². The summed E-state index contributed by atoms with van der Waals surface area (Å²) in [6.45, 7) is -0.122. The third-order valence-electron chi connectivity index (χ3n) is 3.12. The Morgan fingerprint density at radius 1 is 1.28 bits per heavy atom. The van der Waals surface area contributed by atoms with Gasteiger partial charge >= 0.3 is 21.1 Å². The molecule has 15 heteroatoms. The van der Waals surface area contributed by atoms with Gasteiger partial charge < -0.3 is 24.7 Å². The number of aromatic nitrogens is 2. The van der Waals surface area contributed by atoms with E-state index in [0.717, 1.165) is 16.8 Å². The van der Waals surface area contributed by atoms with E-state index >= 15 is 0 Å². The van der Waals surface area contributed by atoms with Gasteiger partial charge in [-0.25, -0.2) is 13.7 Å². The average Bonchev–Trinajstić information content (AvgIpc) is 2.71. The largest absolute Gasteiger partial charge is 0.479 e. The number of aromatic amines is 1. The van der Waals surface area contributed by atoms with E-state index in [0.29, 0.717) is 6.66 Å². The van der Waals surface area contributed by atoms with Gasteiger partial charge in [0, 0.05) is 18.9 Å². The minimum absolute atomic E-state index is 0.669. The van der Waals surface area contributed by atoms with E-state index < -0.39 is 57.8 Å². The molecule has 5 N–H and O–H groups in total. The number of rotatable bonds is 6. The molecule has 0 amide bonds. The Kier molecular flexibility index (Phi) is 5.84. The third-order valence-corrected chi connectivity index (χ3v) is 5.63. The topological polar surface area (TPSA) is 198 Å². The second-order valence-corrected chi connectivity index (χ2v) is 8.67. The molecule has 0 saturated carbocycles. The third kappa shape index (κ3) is 5.17. The Morgan fingerprint density at radius 3 is 2.48 bits per heavy atom. The van der Waals surface area contributed by atoms with Crippen LogP contribution in [0.2, 0.25) is 0 Å². The van der Waals surface area contributed by atoms with Crippen LogP contribution in [0.3, 0.4) is 0 Å². The van der Waals surface area contributed by atoms with Crippen LogP contribution < -0.4 is 11.2 Å². The highest BCUT2D eigenvalue weighted by atomic mass is 31.3. The van der Waals surface area contributed by atoms with Gasteiger partial charge in [-0.1, -0.05) is 0 Å². The van der Waals surface area contributed by atoms with Crippen LogP contribution in [0.5, 0.6) is 0 Å². The first-order valence-corrected chi connectivity index (χ1v) is 10.2. The Labute approximate surface area is 139 Å². The molecule has 0 bridgehead atoms. The molecule has 1 aromatic heterocycles. The number of H-pyrrole nitrogens is 1.